The molecule has 0 saturated heterocycles. The summed E-state index contributed by atoms with van der Waals surface area (Å²) in [5.41, 5.74) is 6.04. The van der Waals surface area contributed by atoms with Crippen molar-refractivity contribution in [1.29, 1.82) is 0 Å². The van der Waals surface area contributed by atoms with Gasteiger partial charge in [-0.25, -0.2) is 0 Å². The van der Waals surface area contributed by atoms with Crippen LogP contribution < -0.4 is 0 Å². The highest BCUT2D eigenvalue weighted by atomic mass is 31.2. The standard InChI is InChI=1S/C38H57O3P/c1-22(2)28-18-31(24(5)6)35(32(19-28)25(7)8)37(39)42(41,30-16-14-13-15-17-30)38(40)36-33(26(9)10)20-29(23(3)4)21-34(36)27(11)12/h18-27,30H,13-17H2,1-12H3. The Morgan fingerprint density at radius 1 is 0.524 bits per heavy atom. The van der Waals surface area contributed by atoms with E-state index in [1.807, 2.05) is 0 Å². The molecule has 1 fully saturated rings. The third-order valence-electron chi connectivity index (χ3n) is 9.38. The Morgan fingerprint density at radius 2 is 0.810 bits per heavy atom. The van der Waals surface area contributed by atoms with E-state index in [9.17, 15) is 0 Å². The molecule has 4 heteroatoms. The van der Waals surface area contributed by atoms with E-state index in [4.69, 9.17) is 0 Å². The Hall–Kier alpha value is -1.99. The molecule has 0 bridgehead atoms. The van der Waals surface area contributed by atoms with Crippen molar-refractivity contribution in [3.8, 4) is 0 Å². The first-order valence-electron chi connectivity index (χ1n) is 16.6. The second-order valence-corrected chi connectivity index (χ2v) is 17.5. The fraction of sp³-hybridized carbons (Fsp3) is 0.632. The molecule has 3 rings (SSSR count). The summed E-state index contributed by atoms with van der Waals surface area (Å²) in [5, 5.41) is 0. The van der Waals surface area contributed by atoms with Crippen molar-refractivity contribution in [2.75, 3.05) is 0 Å². The Bertz CT molecular complexity index is 1190. The zero-order valence-electron chi connectivity index (χ0n) is 28.6. The van der Waals surface area contributed by atoms with Crippen LogP contribution in [0.2, 0.25) is 0 Å². The molecule has 2 aromatic carbocycles. The van der Waals surface area contributed by atoms with Crippen molar-refractivity contribution >= 4 is 18.2 Å². The van der Waals surface area contributed by atoms with Crippen molar-refractivity contribution in [3.63, 3.8) is 0 Å². The van der Waals surface area contributed by atoms with Gasteiger partial charge < -0.3 is 4.57 Å². The molecule has 0 atom stereocenters. The maximum Gasteiger partial charge on any atom is 0.229 e. The van der Waals surface area contributed by atoms with Gasteiger partial charge in [-0.3, -0.25) is 9.59 Å². The third kappa shape index (κ3) is 6.72. The van der Waals surface area contributed by atoms with Crippen molar-refractivity contribution in [3.05, 3.63) is 68.8 Å². The average Bonchev–Trinajstić information content (AvgIpc) is 2.94. The molecule has 1 aliphatic carbocycles. The first-order valence-corrected chi connectivity index (χ1v) is 18.4. The molecule has 42 heavy (non-hydrogen) atoms. The van der Waals surface area contributed by atoms with Gasteiger partial charge in [-0.2, -0.15) is 0 Å². The summed E-state index contributed by atoms with van der Waals surface area (Å²) in [7, 11) is -4.04. The minimum Gasteiger partial charge on any atom is -0.306 e. The summed E-state index contributed by atoms with van der Waals surface area (Å²) < 4.78 is 15.8. The molecule has 3 nitrogen and oxygen atoms in total. The second-order valence-electron chi connectivity index (χ2n) is 14.6. The molecule has 0 radical (unpaired) electrons. The molecule has 1 aliphatic rings. The Balaban J connectivity index is 2.43. The fourth-order valence-electron chi connectivity index (χ4n) is 6.61. The van der Waals surface area contributed by atoms with Crippen molar-refractivity contribution in [1.82, 2.24) is 0 Å². The van der Waals surface area contributed by atoms with E-state index in [0.717, 1.165) is 41.5 Å². The number of rotatable bonds is 11. The molecule has 0 heterocycles. The molecule has 232 valence electrons. The van der Waals surface area contributed by atoms with Crippen LogP contribution in [-0.4, -0.2) is 16.7 Å². The molecule has 0 amide bonds. The van der Waals surface area contributed by atoms with Gasteiger partial charge >= 0.3 is 0 Å². The predicted octanol–water partition coefficient (Wildman–Crippen LogP) is 12.1. The minimum atomic E-state index is -4.04. The second kappa shape index (κ2) is 13.8. The maximum absolute atomic E-state index is 15.8. The van der Waals surface area contributed by atoms with Crippen LogP contribution >= 0.6 is 7.14 Å². The molecule has 2 aromatic rings. The molecule has 0 unspecified atom stereocenters. The summed E-state index contributed by atoms with van der Waals surface area (Å²) in [5.74, 6) is 0.876. The number of benzene rings is 2. The lowest BCUT2D eigenvalue weighted by Crippen LogP contribution is -2.27. The normalized spacial score (nSPS) is 15.2. The molecule has 0 aromatic heterocycles. The first kappa shape index (κ1) is 34.5. The van der Waals surface area contributed by atoms with Crippen LogP contribution in [0.1, 0.15) is 205 Å². The zero-order chi connectivity index (χ0) is 31.7. The van der Waals surface area contributed by atoms with Gasteiger partial charge in [0.2, 0.25) is 18.2 Å². The van der Waals surface area contributed by atoms with Gasteiger partial charge in [0.15, 0.2) is 0 Å². The highest BCUT2D eigenvalue weighted by Gasteiger charge is 2.50. The van der Waals surface area contributed by atoms with E-state index in [-0.39, 0.29) is 34.7 Å². The molecule has 0 aliphatic heterocycles. The van der Waals surface area contributed by atoms with Gasteiger partial charge in [-0.15, -0.1) is 0 Å². The van der Waals surface area contributed by atoms with E-state index < -0.39 is 12.8 Å². The summed E-state index contributed by atoms with van der Waals surface area (Å²) in [4.78, 5) is 30.3. The van der Waals surface area contributed by atoms with E-state index in [1.165, 1.54) is 11.1 Å². The van der Waals surface area contributed by atoms with Crippen LogP contribution in [-0.2, 0) is 4.57 Å². The maximum atomic E-state index is 15.8. The van der Waals surface area contributed by atoms with Crippen LogP contribution in [0.25, 0.3) is 0 Å². The van der Waals surface area contributed by atoms with Gasteiger partial charge in [-0.05, 0) is 81.7 Å². The largest absolute Gasteiger partial charge is 0.306 e. The smallest absolute Gasteiger partial charge is 0.229 e. The van der Waals surface area contributed by atoms with Gasteiger partial charge in [0.1, 0.15) is 0 Å². The molecule has 0 spiro atoms. The predicted molar refractivity (Wildman–Crippen MR) is 181 cm³/mol. The van der Waals surface area contributed by atoms with Gasteiger partial charge in [0.05, 0.1) is 0 Å². The molecule has 1 saturated carbocycles. The molecular weight excluding hydrogens is 535 g/mol. The Kier molecular flexibility index (Phi) is 11.3. The van der Waals surface area contributed by atoms with E-state index >= 15 is 14.2 Å². The lowest BCUT2D eigenvalue weighted by Gasteiger charge is -2.32. The van der Waals surface area contributed by atoms with Crippen LogP contribution in [0.3, 0.4) is 0 Å². The average molecular weight is 593 g/mol. The summed E-state index contributed by atoms with van der Waals surface area (Å²) >= 11 is 0. The summed E-state index contributed by atoms with van der Waals surface area (Å²) in [6.45, 7) is 25.5. The molecular formula is C38H57O3P. The van der Waals surface area contributed by atoms with E-state index in [2.05, 4.69) is 107 Å². The number of hydrogen-bond acceptors (Lipinski definition) is 3. The highest BCUT2D eigenvalue weighted by Crippen LogP contribution is 2.62. The van der Waals surface area contributed by atoms with Crippen molar-refractivity contribution in [2.45, 2.75) is 156 Å². The van der Waals surface area contributed by atoms with Crippen LogP contribution in [0, 0.1) is 0 Å². The number of hydrogen-bond donors (Lipinski definition) is 0. The van der Waals surface area contributed by atoms with Crippen LogP contribution in [0.15, 0.2) is 24.3 Å². The zero-order valence-corrected chi connectivity index (χ0v) is 29.5. The van der Waals surface area contributed by atoms with E-state index in [1.54, 1.807) is 0 Å². The third-order valence-corrected chi connectivity index (χ3v) is 12.6. The Morgan fingerprint density at radius 3 is 1.05 bits per heavy atom. The van der Waals surface area contributed by atoms with Crippen LogP contribution in [0.4, 0.5) is 0 Å². The number of carbonyl (C=O) groups is 2. The minimum absolute atomic E-state index is 0.0674. The molecule has 0 N–H and O–H groups in total. The Labute approximate surface area is 257 Å². The van der Waals surface area contributed by atoms with Crippen molar-refractivity contribution < 1.29 is 14.2 Å². The monoisotopic (exact) mass is 592 g/mol. The van der Waals surface area contributed by atoms with Crippen LogP contribution in [0.5, 0.6) is 0 Å². The SMILES string of the molecule is CC(C)c1cc(C(C)C)c(C(=O)P(=O)(C(=O)c2c(C(C)C)cc(C(C)C)cc2C(C)C)C2CCCCC2)c(C(C)C)c1. The summed E-state index contributed by atoms with van der Waals surface area (Å²) in [6, 6.07) is 8.56. The fourth-order valence-corrected chi connectivity index (χ4v) is 9.73. The number of carbonyl (C=O) groups excluding carboxylic acids is 2. The lowest BCUT2D eigenvalue weighted by molar-refractivity contribution is 0.103. The quantitative estimate of drug-likeness (QED) is 0.244. The topological polar surface area (TPSA) is 51.2 Å². The van der Waals surface area contributed by atoms with Gasteiger partial charge in [0.25, 0.3) is 0 Å². The van der Waals surface area contributed by atoms with Crippen molar-refractivity contribution in [2.24, 2.45) is 0 Å². The van der Waals surface area contributed by atoms with E-state index in [0.29, 0.717) is 35.8 Å². The van der Waals surface area contributed by atoms with Gasteiger partial charge in [0, 0.05) is 16.8 Å². The first-order chi connectivity index (χ1) is 19.5. The lowest BCUT2D eigenvalue weighted by atomic mass is 9.85. The van der Waals surface area contributed by atoms with Gasteiger partial charge in [-0.1, -0.05) is 127 Å². The highest BCUT2D eigenvalue weighted by molar-refractivity contribution is 7.96. The summed E-state index contributed by atoms with van der Waals surface area (Å²) in [6.07, 6.45) is 4.23.